The summed E-state index contributed by atoms with van der Waals surface area (Å²) in [6.07, 6.45) is 5.42. The lowest BCUT2D eigenvalue weighted by molar-refractivity contribution is 0.472. The third-order valence-corrected chi connectivity index (χ3v) is 6.40. The number of rotatable bonds is 2. The van der Waals surface area contributed by atoms with E-state index in [1.165, 1.54) is 22.9 Å². The smallest absolute Gasteiger partial charge is 0.265 e. The maximum absolute atomic E-state index is 12.8. The van der Waals surface area contributed by atoms with E-state index in [1.807, 2.05) is 6.92 Å². The first-order valence-electron chi connectivity index (χ1n) is 9.00. The molecule has 27 heavy (non-hydrogen) atoms. The maximum atomic E-state index is 12.8. The van der Waals surface area contributed by atoms with Crippen molar-refractivity contribution >= 4 is 16.7 Å². The van der Waals surface area contributed by atoms with Gasteiger partial charge >= 0.3 is 0 Å². The fraction of sp³-hybridized carbons (Fsp3) is 0.250. The standard InChI is InChI=1S/C20H19N5OS/c1-11-14(10-22-25-11)17-7-6-15-18(27-17)20(26)24-19(23-15)16-8-12-4-2-3-5-13(12)9-21-16/h2-5,7,10,16,21H,6,8-9H2,1H3,(H,22,25)(H,23,24,26). The Bertz CT molecular complexity index is 1110. The number of aromatic nitrogens is 4. The van der Waals surface area contributed by atoms with Crippen LogP contribution in [-0.4, -0.2) is 20.2 Å². The number of hydrogen-bond acceptors (Lipinski definition) is 5. The molecule has 1 unspecified atom stereocenters. The summed E-state index contributed by atoms with van der Waals surface area (Å²) in [6, 6.07) is 8.44. The first-order chi connectivity index (χ1) is 13.2. The van der Waals surface area contributed by atoms with Crippen molar-refractivity contribution in [2.24, 2.45) is 0 Å². The summed E-state index contributed by atoms with van der Waals surface area (Å²) in [5, 5.41) is 10.5. The molecule has 0 radical (unpaired) electrons. The molecule has 0 amide bonds. The molecular weight excluding hydrogens is 358 g/mol. The van der Waals surface area contributed by atoms with Gasteiger partial charge in [-0.3, -0.25) is 9.89 Å². The van der Waals surface area contributed by atoms with Crippen molar-refractivity contribution in [2.45, 2.75) is 37.2 Å². The highest BCUT2D eigenvalue weighted by molar-refractivity contribution is 8.08. The van der Waals surface area contributed by atoms with E-state index in [0.717, 1.165) is 40.6 Å². The molecule has 0 saturated heterocycles. The molecule has 2 aromatic heterocycles. The van der Waals surface area contributed by atoms with Crippen LogP contribution in [0.25, 0.3) is 4.91 Å². The van der Waals surface area contributed by atoms with Crippen LogP contribution < -0.4 is 10.9 Å². The third-order valence-electron chi connectivity index (χ3n) is 5.16. The van der Waals surface area contributed by atoms with Crippen LogP contribution in [0.5, 0.6) is 0 Å². The van der Waals surface area contributed by atoms with Gasteiger partial charge in [-0.1, -0.05) is 42.1 Å². The number of nitrogens with zero attached hydrogens (tertiary/aromatic N) is 2. The molecule has 2 aliphatic rings. The third kappa shape index (κ3) is 2.93. The fourth-order valence-electron chi connectivity index (χ4n) is 3.69. The summed E-state index contributed by atoms with van der Waals surface area (Å²) in [7, 11) is 0. The lowest BCUT2D eigenvalue weighted by Crippen LogP contribution is -2.32. The van der Waals surface area contributed by atoms with Gasteiger partial charge in [0.25, 0.3) is 5.56 Å². The Labute approximate surface area is 160 Å². The van der Waals surface area contributed by atoms with E-state index in [1.54, 1.807) is 6.20 Å². The molecule has 3 aromatic rings. The van der Waals surface area contributed by atoms with Gasteiger partial charge in [-0.15, -0.1) is 0 Å². The van der Waals surface area contributed by atoms with Crippen molar-refractivity contribution < 1.29 is 0 Å². The van der Waals surface area contributed by atoms with Crippen molar-refractivity contribution in [1.82, 2.24) is 25.5 Å². The topological polar surface area (TPSA) is 86.5 Å². The highest BCUT2D eigenvalue weighted by Crippen LogP contribution is 2.39. The molecule has 0 bridgehead atoms. The predicted molar refractivity (Wildman–Crippen MR) is 105 cm³/mol. The summed E-state index contributed by atoms with van der Waals surface area (Å²) >= 11 is 1.47. The molecule has 1 aromatic carbocycles. The van der Waals surface area contributed by atoms with Crippen LogP contribution >= 0.6 is 11.8 Å². The average molecular weight is 377 g/mol. The zero-order valence-electron chi connectivity index (χ0n) is 14.9. The Morgan fingerprint density at radius 3 is 2.89 bits per heavy atom. The average Bonchev–Trinajstić information content (AvgIpc) is 3.13. The fourth-order valence-corrected chi connectivity index (χ4v) is 4.78. The van der Waals surface area contributed by atoms with Gasteiger partial charge in [-0.2, -0.15) is 5.10 Å². The second kappa shape index (κ2) is 6.51. The van der Waals surface area contributed by atoms with E-state index >= 15 is 0 Å². The Balaban J connectivity index is 1.45. The molecule has 0 spiro atoms. The molecule has 4 heterocycles. The van der Waals surface area contributed by atoms with Crippen LogP contribution in [0.2, 0.25) is 0 Å². The van der Waals surface area contributed by atoms with E-state index < -0.39 is 0 Å². The molecular formula is C20H19N5OS. The van der Waals surface area contributed by atoms with Gasteiger partial charge in [0, 0.05) is 29.1 Å². The highest BCUT2D eigenvalue weighted by Gasteiger charge is 2.25. The van der Waals surface area contributed by atoms with Crippen molar-refractivity contribution in [1.29, 1.82) is 0 Å². The van der Waals surface area contributed by atoms with Gasteiger partial charge in [0.1, 0.15) is 5.82 Å². The molecule has 7 heteroatoms. The van der Waals surface area contributed by atoms with Crippen LogP contribution in [0.4, 0.5) is 0 Å². The SMILES string of the molecule is Cc1[nH]ncc1C1=CCc2nc(C3Cc4ccccc4CN3)[nH]c(=O)c2S1. The number of nitrogens with one attached hydrogen (secondary N) is 3. The zero-order valence-corrected chi connectivity index (χ0v) is 15.7. The van der Waals surface area contributed by atoms with E-state index in [2.05, 4.69) is 50.8 Å². The Morgan fingerprint density at radius 2 is 2.07 bits per heavy atom. The second-order valence-corrected chi connectivity index (χ2v) is 7.97. The number of aryl methyl sites for hydroxylation is 1. The number of aromatic amines is 2. The molecule has 2 aliphatic heterocycles. The number of hydrogen-bond donors (Lipinski definition) is 3. The normalized spacial score (nSPS) is 18.6. The zero-order chi connectivity index (χ0) is 18.4. The first kappa shape index (κ1) is 16.5. The number of benzene rings is 1. The Kier molecular flexibility index (Phi) is 3.98. The molecule has 3 N–H and O–H groups in total. The van der Waals surface area contributed by atoms with Gasteiger partial charge in [0.2, 0.25) is 0 Å². The summed E-state index contributed by atoms with van der Waals surface area (Å²) in [4.78, 5) is 22.3. The second-order valence-electron chi connectivity index (χ2n) is 6.92. The van der Waals surface area contributed by atoms with E-state index in [0.29, 0.717) is 11.3 Å². The lowest BCUT2D eigenvalue weighted by Gasteiger charge is -2.26. The monoisotopic (exact) mass is 377 g/mol. The summed E-state index contributed by atoms with van der Waals surface area (Å²) in [5.74, 6) is 0.727. The quantitative estimate of drug-likeness (QED) is 0.639. The maximum Gasteiger partial charge on any atom is 0.265 e. The minimum Gasteiger partial charge on any atom is -0.308 e. The lowest BCUT2D eigenvalue weighted by atomic mass is 9.95. The van der Waals surface area contributed by atoms with Gasteiger partial charge in [-0.25, -0.2) is 4.98 Å². The number of H-pyrrole nitrogens is 2. The Hall–Kier alpha value is -2.64. The van der Waals surface area contributed by atoms with Crippen LogP contribution in [0.3, 0.4) is 0 Å². The molecule has 0 aliphatic carbocycles. The molecule has 0 saturated carbocycles. The highest BCUT2D eigenvalue weighted by atomic mass is 32.2. The van der Waals surface area contributed by atoms with Crippen LogP contribution in [0.15, 0.2) is 46.2 Å². The number of allylic oxidation sites excluding steroid dienone is 1. The molecule has 0 fully saturated rings. The molecule has 5 rings (SSSR count). The van der Waals surface area contributed by atoms with Crippen molar-refractivity contribution in [3.8, 4) is 0 Å². The van der Waals surface area contributed by atoms with E-state index in [9.17, 15) is 4.79 Å². The summed E-state index contributed by atoms with van der Waals surface area (Å²) < 4.78 is 0. The van der Waals surface area contributed by atoms with Crippen molar-refractivity contribution in [3.63, 3.8) is 0 Å². The number of fused-ring (bicyclic) bond motifs is 2. The van der Waals surface area contributed by atoms with Gasteiger partial charge in [0.05, 0.1) is 22.8 Å². The predicted octanol–water partition coefficient (Wildman–Crippen LogP) is 2.88. The number of thioether (sulfide) groups is 1. The van der Waals surface area contributed by atoms with Crippen LogP contribution in [0.1, 0.15) is 39.9 Å². The van der Waals surface area contributed by atoms with E-state index in [-0.39, 0.29) is 11.6 Å². The minimum atomic E-state index is -0.0626. The first-order valence-corrected chi connectivity index (χ1v) is 9.82. The molecule has 136 valence electrons. The van der Waals surface area contributed by atoms with Crippen LogP contribution in [-0.2, 0) is 19.4 Å². The molecule has 6 nitrogen and oxygen atoms in total. The van der Waals surface area contributed by atoms with Crippen LogP contribution in [0, 0.1) is 6.92 Å². The van der Waals surface area contributed by atoms with Crippen molar-refractivity contribution in [2.75, 3.05) is 0 Å². The van der Waals surface area contributed by atoms with Gasteiger partial charge in [-0.05, 0) is 24.5 Å². The van der Waals surface area contributed by atoms with Gasteiger partial charge < -0.3 is 10.3 Å². The minimum absolute atomic E-state index is 0.0318. The summed E-state index contributed by atoms with van der Waals surface area (Å²) in [5.41, 5.74) is 5.46. The molecule has 1 atom stereocenters. The van der Waals surface area contributed by atoms with E-state index in [4.69, 9.17) is 4.98 Å². The Morgan fingerprint density at radius 1 is 1.22 bits per heavy atom. The largest absolute Gasteiger partial charge is 0.308 e. The van der Waals surface area contributed by atoms with Crippen molar-refractivity contribution in [3.05, 3.63) is 80.8 Å². The van der Waals surface area contributed by atoms with Gasteiger partial charge in [0.15, 0.2) is 0 Å². The summed E-state index contributed by atoms with van der Waals surface area (Å²) in [6.45, 7) is 2.78.